The van der Waals surface area contributed by atoms with E-state index in [-0.39, 0.29) is 17.3 Å². The van der Waals surface area contributed by atoms with E-state index >= 15 is 0 Å². The number of rotatable bonds is 2. The van der Waals surface area contributed by atoms with E-state index < -0.39 is 5.60 Å². The van der Waals surface area contributed by atoms with Gasteiger partial charge in [0.2, 0.25) is 0 Å². The molecule has 3 heteroatoms. The van der Waals surface area contributed by atoms with E-state index in [2.05, 4.69) is 13.8 Å². The lowest BCUT2D eigenvalue weighted by atomic mass is 9.97. The fraction of sp³-hybridized carbons (Fsp3) is 0.800. The van der Waals surface area contributed by atoms with Gasteiger partial charge < -0.3 is 5.11 Å². The van der Waals surface area contributed by atoms with Crippen molar-refractivity contribution in [3.05, 3.63) is 10.6 Å². The van der Waals surface area contributed by atoms with E-state index in [0.717, 1.165) is 0 Å². The molecule has 1 N–H and O–H groups in total. The van der Waals surface area contributed by atoms with Crippen LogP contribution in [0.5, 0.6) is 0 Å². The Hall–Kier alpha value is 0.280. The van der Waals surface area contributed by atoms with Crippen LogP contribution in [0.25, 0.3) is 0 Å². The van der Waals surface area contributed by atoms with Gasteiger partial charge in [-0.25, -0.2) is 0 Å². The van der Waals surface area contributed by atoms with Gasteiger partial charge in [-0.1, -0.05) is 43.1 Å². The van der Waals surface area contributed by atoms with Crippen molar-refractivity contribution in [1.29, 1.82) is 0 Å². The third-order valence-electron chi connectivity index (χ3n) is 2.98. The summed E-state index contributed by atoms with van der Waals surface area (Å²) in [6.45, 7) is 7.89. The molecule has 0 radical (unpaired) electrons. The van der Waals surface area contributed by atoms with Crippen LogP contribution in [0.4, 0.5) is 0 Å². The maximum absolute atomic E-state index is 9.86. The number of hydrogen-bond donors (Lipinski definition) is 1. The normalized spacial score (nSPS) is 31.3. The van der Waals surface area contributed by atoms with Gasteiger partial charge in [0.15, 0.2) is 0 Å². The highest BCUT2D eigenvalue weighted by Gasteiger charge is 2.62. The first-order valence-electron chi connectivity index (χ1n) is 4.42. The zero-order valence-electron chi connectivity index (χ0n) is 8.44. The van der Waals surface area contributed by atoms with Crippen molar-refractivity contribution in [2.45, 2.75) is 33.3 Å². The molecule has 13 heavy (non-hydrogen) atoms. The maximum atomic E-state index is 9.86. The second-order valence-corrected chi connectivity index (χ2v) is 5.94. The predicted molar refractivity (Wildman–Crippen MR) is 56.8 cm³/mol. The second-order valence-electron chi connectivity index (χ2n) is 4.93. The summed E-state index contributed by atoms with van der Waals surface area (Å²) >= 11 is 11.2. The molecule has 0 aromatic carbocycles. The lowest BCUT2D eigenvalue weighted by molar-refractivity contribution is 0.0424. The van der Waals surface area contributed by atoms with E-state index in [1.54, 1.807) is 0 Å². The zero-order valence-corrected chi connectivity index (χ0v) is 9.95. The number of aliphatic hydroxyl groups is 1. The first kappa shape index (κ1) is 11.4. The zero-order chi connectivity index (χ0) is 10.4. The fourth-order valence-corrected chi connectivity index (χ4v) is 2.75. The topological polar surface area (TPSA) is 20.2 Å². The summed E-state index contributed by atoms with van der Waals surface area (Å²) in [5.41, 5.74) is -0.554. The Morgan fingerprint density at radius 1 is 1.38 bits per heavy atom. The highest BCUT2D eigenvalue weighted by Crippen LogP contribution is 2.63. The lowest BCUT2D eigenvalue weighted by Gasteiger charge is -2.18. The molecule has 1 aliphatic carbocycles. The van der Waals surface area contributed by atoms with Gasteiger partial charge in [-0.15, -0.1) is 0 Å². The average molecular weight is 223 g/mol. The largest absolute Gasteiger partial charge is 0.390 e. The molecule has 0 aliphatic heterocycles. The molecule has 1 fully saturated rings. The van der Waals surface area contributed by atoms with Crippen molar-refractivity contribution in [2.75, 3.05) is 0 Å². The molecular weight excluding hydrogens is 207 g/mol. The van der Waals surface area contributed by atoms with Crippen molar-refractivity contribution < 1.29 is 5.11 Å². The summed E-state index contributed by atoms with van der Waals surface area (Å²) in [4.78, 5) is 0. The highest BCUT2D eigenvalue weighted by molar-refractivity contribution is 6.55. The predicted octanol–water partition coefficient (Wildman–Crippen LogP) is 3.35. The van der Waals surface area contributed by atoms with E-state index in [1.807, 2.05) is 19.9 Å². The van der Waals surface area contributed by atoms with Crippen LogP contribution in [0, 0.1) is 17.3 Å². The quantitative estimate of drug-likeness (QED) is 0.761. The van der Waals surface area contributed by atoms with Crippen LogP contribution < -0.4 is 0 Å². The molecule has 0 aromatic heterocycles. The molecule has 1 nitrogen and oxygen atoms in total. The van der Waals surface area contributed by atoms with Crippen molar-refractivity contribution in [1.82, 2.24) is 0 Å². The van der Waals surface area contributed by atoms with Crippen LogP contribution in [-0.2, 0) is 0 Å². The SMILES string of the molecule is CC(C)(O)C1C(C=C(Cl)Cl)C1(C)C. The molecule has 1 rings (SSSR count). The van der Waals surface area contributed by atoms with Crippen LogP contribution in [-0.4, -0.2) is 10.7 Å². The molecule has 0 spiro atoms. The smallest absolute Gasteiger partial charge is 0.103 e. The Kier molecular flexibility index (Phi) is 2.75. The van der Waals surface area contributed by atoms with Crippen molar-refractivity contribution in [3.63, 3.8) is 0 Å². The van der Waals surface area contributed by atoms with E-state index in [1.165, 1.54) is 0 Å². The van der Waals surface area contributed by atoms with E-state index in [0.29, 0.717) is 4.49 Å². The molecule has 1 aliphatic rings. The van der Waals surface area contributed by atoms with Gasteiger partial charge in [-0.05, 0) is 31.1 Å². The number of halogens is 2. The molecule has 76 valence electrons. The van der Waals surface area contributed by atoms with E-state index in [9.17, 15) is 5.11 Å². The minimum Gasteiger partial charge on any atom is -0.390 e. The second kappa shape index (κ2) is 3.15. The molecule has 0 heterocycles. The Morgan fingerprint density at radius 3 is 2.08 bits per heavy atom. The number of hydrogen-bond acceptors (Lipinski definition) is 1. The molecule has 0 saturated heterocycles. The van der Waals surface area contributed by atoms with Gasteiger partial charge in [0.05, 0.1) is 5.60 Å². The highest BCUT2D eigenvalue weighted by atomic mass is 35.5. The monoisotopic (exact) mass is 222 g/mol. The van der Waals surface area contributed by atoms with Crippen molar-refractivity contribution >= 4 is 23.2 Å². The molecular formula is C10H16Cl2O. The first-order chi connectivity index (χ1) is 5.67. The molecule has 2 unspecified atom stereocenters. The van der Waals surface area contributed by atoms with Gasteiger partial charge in [-0.2, -0.15) is 0 Å². The van der Waals surface area contributed by atoms with Crippen molar-refractivity contribution in [2.24, 2.45) is 17.3 Å². The summed E-state index contributed by atoms with van der Waals surface area (Å²) in [7, 11) is 0. The molecule has 0 aromatic rings. The van der Waals surface area contributed by atoms with Gasteiger partial charge in [0, 0.05) is 0 Å². The van der Waals surface area contributed by atoms with Gasteiger partial charge in [0.25, 0.3) is 0 Å². The van der Waals surface area contributed by atoms with Gasteiger partial charge in [-0.3, -0.25) is 0 Å². The van der Waals surface area contributed by atoms with Gasteiger partial charge in [0.1, 0.15) is 4.49 Å². The summed E-state index contributed by atoms with van der Waals surface area (Å²) in [5, 5.41) is 9.86. The van der Waals surface area contributed by atoms with Crippen LogP contribution >= 0.6 is 23.2 Å². The minimum absolute atomic E-state index is 0.104. The Bertz CT molecular complexity index is 234. The fourth-order valence-electron chi connectivity index (χ4n) is 2.47. The van der Waals surface area contributed by atoms with Crippen LogP contribution in [0.15, 0.2) is 10.6 Å². The molecule has 1 saturated carbocycles. The molecule has 0 bridgehead atoms. The lowest BCUT2D eigenvalue weighted by Crippen LogP contribution is -2.24. The first-order valence-corrected chi connectivity index (χ1v) is 5.18. The Labute approximate surface area is 89.7 Å². The average Bonchev–Trinajstić information content (AvgIpc) is 2.29. The summed E-state index contributed by atoms with van der Waals surface area (Å²) in [5.74, 6) is 0.532. The number of allylic oxidation sites excluding steroid dienone is 1. The molecule has 2 atom stereocenters. The Morgan fingerprint density at radius 2 is 1.85 bits per heavy atom. The standard InChI is InChI=1S/C10H16Cl2O/c1-9(2)6(5-7(11)12)8(9)10(3,4)13/h5-6,8,13H,1-4H3. The van der Waals surface area contributed by atoms with Crippen LogP contribution in [0.2, 0.25) is 0 Å². The summed E-state index contributed by atoms with van der Waals surface area (Å²) in [6, 6.07) is 0. The third kappa shape index (κ3) is 2.20. The molecule has 0 amide bonds. The summed E-state index contributed by atoms with van der Waals surface area (Å²) in [6.07, 6.45) is 1.83. The Balaban J connectivity index is 2.79. The maximum Gasteiger partial charge on any atom is 0.103 e. The third-order valence-corrected chi connectivity index (χ3v) is 3.23. The van der Waals surface area contributed by atoms with Crippen LogP contribution in [0.1, 0.15) is 27.7 Å². The van der Waals surface area contributed by atoms with Crippen molar-refractivity contribution in [3.8, 4) is 0 Å². The van der Waals surface area contributed by atoms with E-state index in [4.69, 9.17) is 23.2 Å². The van der Waals surface area contributed by atoms with Crippen LogP contribution in [0.3, 0.4) is 0 Å². The summed E-state index contributed by atoms with van der Waals surface area (Å²) < 4.78 is 0.296. The van der Waals surface area contributed by atoms with Gasteiger partial charge >= 0.3 is 0 Å². The minimum atomic E-state index is -0.659.